The van der Waals surface area contributed by atoms with Crippen molar-refractivity contribution in [3.8, 4) is 0 Å². The highest BCUT2D eigenvalue weighted by atomic mass is 16.2. The molecule has 84 valence electrons. The van der Waals surface area contributed by atoms with E-state index in [-0.39, 0.29) is 11.9 Å². The van der Waals surface area contributed by atoms with E-state index in [9.17, 15) is 9.59 Å². The molecule has 1 aliphatic rings. The van der Waals surface area contributed by atoms with Crippen LogP contribution in [0.3, 0.4) is 0 Å². The Bertz CT molecular complexity index is 288. The summed E-state index contributed by atoms with van der Waals surface area (Å²) >= 11 is 0. The van der Waals surface area contributed by atoms with Crippen LogP contribution in [0.1, 0.15) is 33.1 Å². The van der Waals surface area contributed by atoms with Crippen LogP contribution < -0.4 is 5.32 Å². The Kier molecular flexibility index (Phi) is 3.50. The van der Waals surface area contributed by atoms with Gasteiger partial charge in [0.05, 0.1) is 0 Å². The first-order valence-electron chi connectivity index (χ1n) is 5.30. The van der Waals surface area contributed by atoms with Crippen LogP contribution in [0.2, 0.25) is 0 Å². The molecule has 1 atom stereocenters. The van der Waals surface area contributed by atoms with Crippen LogP contribution in [0.5, 0.6) is 0 Å². The summed E-state index contributed by atoms with van der Waals surface area (Å²) in [4.78, 5) is 24.8. The molecule has 1 N–H and O–H groups in total. The molecule has 0 aromatic carbocycles. The minimum atomic E-state index is -0.701. The fourth-order valence-corrected chi connectivity index (χ4v) is 1.84. The molecule has 1 rings (SSSR count). The first-order chi connectivity index (χ1) is 7.05. The number of urea groups is 1. The van der Waals surface area contributed by atoms with Crippen molar-refractivity contribution < 1.29 is 9.59 Å². The van der Waals surface area contributed by atoms with Gasteiger partial charge in [-0.2, -0.15) is 0 Å². The molecule has 15 heavy (non-hydrogen) atoms. The van der Waals surface area contributed by atoms with Gasteiger partial charge in [0.25, 0.3) is 5.91 Å². The van der Waals surface area contributed by atoms with E-state index in [0.717, 1.165) is 6.42 Å². The Balaban J connectivity index is 2.73. The van der Waals surface area contributed by atoms with E-state index in [0.29, 0.717) is 19.4 Å². The molecule has 0 bridgehead atoms. The lowest BCUT2D eigenvalue weighted by Gasteiger charge is -2.20. The Hall–Kier alpha value is -1.32. The Labute approximate surface area is 90.3 Å². The van der Waals surface area contributed by atoms with Gasteiger partial charge in [-0.1, -0.05) is 19.4 Å². The number of carbonyl (C=O) groups is 2. The van der Waals surface area contributed by atoms with Crippen molar-refractivity contribution in [1.82, 2.24) is 10.2 Å². The number of amides is 3. The molecule has 0 spiro atoms. The zero-order valence-corrected chi connectivity index (χ0v) is 9.38. The largest absolute Gasteiger partial charge is 0.325 e. The van der Waals surface area contributed by atoms with Gasteiger partial charge in [-0.3, -0.25) is 9.69 Å². The average Bonchev–Trinajstić information content (AvgIpc) is 2.37. The summed E-state index contributed by atoms with van der Waals surface area (Å²) in [6.45, 7) is 7.78. The summed E-state index contributed by atoms with van der Waals surface area (Å²) in [7, 11) is 0. The number of carbonyl (C=O) groups excluding carboxylic acids is 2. The van der Waals surface area contributed by atoms with Crippen LogP contribution in [0, 0.1) is 0 Å². The van der Waals surface area contributed by atoms with Crippen LogP contribution in [-0.2, 0) is 4.79 Å². The monoisotopic (exact) mass is 210 g/mol. The van der Waals surface area contributed by atoms with Crippen molar-refractivity contribution in [2.45, 2.75) is 38.6 Å². The van der Waals surface area contributed by atoms with Crippen molar-refractivity contribution >= 4 is 11.9 Å². The molecule has 4 nitrogen and oxygen atoms in total. The van der Waals surface area contributed by atoms with E-state index in [4.69, 9.17) is 0 Å². The van der Waals surface area contributed by atoms with Crippen LogP contribution >= 0.6 is 0 Å². The highest BCUT2D eigenvalue weighted by Crippen LogP contribution is 2.22. The van der Waals surface area contributed by atoms with Crippen LogP contribution in [-0.4, -0.2) is 28.9 Å². The van der Waals surface area contributed by atoms with Gasteiger partial charge < -0.3 is 5.32 Å². The second-order valence-electron chi connectivity index (χ2n) is 4.05. The van der Waals surface area contributed by atoms with Crippen LogP contribution in [0.15, 0.2) is 12.7 Å². The third-order valence-corrected chi connectivity index (χ3v) is 2.65. The van der Waals surface area contributed by atoms with Crippen molar-refractivity contribution in [2.75, 3.05) is 6.54 Å². The smallest absolute Gasteiger partial charge is 0.323 e. The number of hydrogen-bond acceptors (Lipinski definition) is 2. The van der Waals surface area contributed by atoms with Gasteiger partial charge in [0, 0.05) is 6.54 Å². The van der Waals surface area contributed by atoms with Gasteiger partial charge in [-0.25, -0.2) is 4.79 Å². The molecule has 1 aliphatic heterocycles. The second-order valence-corrected chi connectivity index (χ2v) is 4.05. The summed E-state index contributed by atoms with van der Waals surface area (Å²) in [6, 6.07) is -0.280. The Morgan fingerprint density at radius 1 is 1.53 bits per heavy atom. The SMILES string of the molecule is C=CCCN1C(=O)N[C@](C)(CCC)C1=O. The lowest BCUT2D eigenvalue weighted by Crippen LogP contribution is -2.43. The molecule has 3 amide bonds. The summed E-state index contributed by atoms with van der Waals surface area (Å²) in [5.41, 5.74) is -0.701. The summed E-state index contributed by atoms with van der Waals surface area (Å²) in [5.74, 6) is -0.115. The molecule has 4 heteroatoms. The van der Waals surface area contributed by atoms with E-state index in [1.165, 1.54) is 4.90 Å². The summed E-state index contributed by atoms with van der Waals surface area (Å²) in [6.07, 6.45) is 3.90. The minimum Gasteiger partial charge on any atom is -0.323 e. The molecule has 0 aromatic heterocycles. The molecule has 1 saturated heterocycles. The maximum absolute atomic E-state index is 11.9. The van der Waals surface area contributed by atoms with Crippen LogP contribution in [0.25, 0.3) is 0 Å². The van der Waals surface area contributed by atoms with Gasteiger partial charge in [0.15, 0.2) is 0 Å². The summed E-state index contributed by atoms with van der Waals surface area (Å²) < 4.78 is 0. The van der Waals surface area contributed by atoms with E-state index in [1.807, 2.05) is 6.92 Å². The second kappa shape index (κ2) is 4.47. The first kappa shape index (κ1) is 11.8. The fourth-order valence-electron chi connectivity index (χ4n) is 1.84. The van der Waals surface area contributed by atoms with Crippen LogP contribution in [0.4, 0.5) is 4.79 Å². The highest BCUT2D eigenvalue weighted by Gasteiger charge is 2.46. The third-order valence-electron chi connectivity index (χ3n) is 2.65. The van der Waals surface area contributed by atoms with Crippen molar-refractivity contribution in [1.29, 1.82) is 0 Å². The predicted molar refractivity (Wildman–Crippen MR) is 58.4 cm³/mol. The number of nitrogens with zero attached hydrogens (tertiary/aromatic N) is 1. The molecule has 0 aromatic rings. The van der Waals surface area contributed by atoms with Crippen molar-refractivity contribution in [2.24, 2.45) is 0 Å². The Morgan fingerprint density at radius 2 is 2.20 bits per heavy atom. The average molecular weight is 210 g/mol. The number of hydrogen-bond donors (Lipinski definition) is 1. The molecule has 0 radical (unpaired) electrons. The molecule has 1 heterocycles. The fraction of sp³-hybridized carbons (Fsp3) is 0.636. The highest BCUT2D eigenvalue weighted by molar-refractivity contribution is 6.06. The number of imide groups is 1. The Morgan fingerprint density at radius 3 is 2.73 bits per heavy atom. The molecule has 0 unspecified atom stereocenters. The zero-order chi connectivity index (χ0) is 11.5. The quantitative estimate of drug-likeness (QED) is 0.554. The van der Waals surface area contributed by atoms with Crippen molar-refractivity contribution in [3.05, 3.63) is 12.7 Å². The van der Waals surface area contributed by atoms with Gasteiger partial charge in [0.2, 0.25) is 0 Å². The molecular formula is C11H18N2O2. The van der Waals surface area contributed by atoms with Gasteiger partial charge in [-0.05, 0) is 19.8 Å². The predicted octanol–water partition coefficient (Wildman–Crippen LogP) is 1.67. The van der Waals surface area contributed by atoms with E-state index < -0.39 is 5.54 Å². The normalized spacial score (nSPS) is 25.6. The number of rotatable bonds is 5. The molecular weight excluding hydrogens is 192 g/mol. The summed E-state index contributed by atoms with van der Waals surface area (Å²) in [5, 5.41) is 2.74. The van der Waals surface area contributed by atoms with Crippen molar-refractivity contribution in [3.63, 3.8) is 0 Å². The maximum atomic E-state index is 11.9. The topological polar surface area (TPSA) is 49.4 Å². The molecule has 0 aliphatic carbocycles. The zero-order valence-electron chi connectivity index (χ0n) is 9.38. The van der Waals surface area contributed by atoms with E-state index in [2.05, 4.69) is 11.9 Å². The number of nitrogens with one attached hydrogen (secondary N) is 1. The maximum Gasteiger partial charge on any atom is 0.325 e. The van der Waals surface area contributed by atoms with E-state index in [1.54, 1.807) is 13.0 Å². The molecule has 0 saturated carbocycles. The standard InChI is InChI=1S/C11H18N2O2/c1-4-6-8-13-9(14)11(3,7-5-2)12-10(13)15/h4H,1,5-8H2,2-3H3,(H,12,15)/t11-/m1/s1. The lowest BCUT2D eigenvalue weighted by molar-refractivity contribution is -0.130. The van der Waals surface area contributed by atoms with Gasteiger partial charge in [0.1, 0.15) is 5.54 Å². The lowest BCUT2D eigenvalue weighted by atomic mass is 9.96. The molecule has 1 fully saturated rings. The van der Waals surface area contributed by atoms with Gasteiger partial charge in [-0.15, -0.1) is 6.58 Å². The third kappa shape index (κ3) is 2.19. The minimum absolute atomic E-state index is 0.115. The van der Waals surface area contributed by atoms with E-state index >= 15 is 0 Å². The first-order valence-corrected chi connectivity index (χ1v) is 5.30. The van der Waals surface area contributed by atoms with Gasteiger partial charge >= 0.3 is 6.03 Å².